The van der Waals surface area contributed by atoms with Gasteiger partial charge in [-0.1, -0.05) is 19.9 Å². The van der Waals surface area contributed by atoms with Crippen molar-refractivity contribution in [1.29, 1.82) is 0 Å². The highest BCUT2D eigenvalue weighted by Gasteiger charge is 2.81. The second-order valence-corrected chi connectivity index (χ2v) is 13.9. The maximum absolute atomic E-state index is 14.7. The predicted octanol–water partition coefficient (Wildman–Crippen LogP) is 2.43. The van der Waals surface area contributed by atoms with Gasteiger partial charge >= 0.3 is 11.9 Å². The number of hydrogen-bond donors (Lipinski definition) is 0. The second kappa shape index (κ2) is 6.61. The van der Waals surface area contributed by atoms with E-state index in [0.29, 0.717) is 24.8 Å². The minimum absolute atomic E-state index is 0.0674. The predicted molar refractivity (Wildman–Crippen MR) is 127 cm³/mol. The minimum atomic E-state index is -1.69. The van der Waals surface area contributed by atoms with Gasteiger partial charge in [0.25, 0.3) is 0 Å². The van der Waals surface area contributed by atoms with Gasteiger partial charge in [0, 0.05) is 41.1 Å². The molecule has 0 amide bonds. The van der Waals surface area contributed by atoms with E-state index in [2.05, 4.69) is 0 Å². The Balaban J connectivity index is 1.32. The Labute approximate surface area is 220 Å². The molecular formula is C29H34O9. The molecule has 6 aliphatic heterocycles. The number of allylic oxidation sites excluding steroid dienone is 1. The van der Waals surface area contributed by atoms with Crippen molar-refractivity contribution < 1.29 is 42.9 Å². The van der Waals surface area contributed by atoms with Crippen molar-refractivity contribution in [3.05, 3.63) is 11.6 Å². The van der Waals surface area contributed by atoms with Crippen molar-refractivity contribution in [2.45, 2.75) is 108 Å². The third-order valence-corrected chi connectivity index (χ3v) is 11.8. The molecule has 1 unspecified atom stereocenters. The largest absolute Gasteiger partial charge is 0.459 e. The van der Waals surface area contributed by atoms with Gasteiger partial charge < -0.3 is 23.7 Å². The van der Waals surface area contributed by atoms with Crippen LogP contribution in [-0.2, 0) is 42.9 Å². The van der Waals surface area contributed by atoms with Crippen LogP contribution in [0, 0.1) is 35.0 Å². The molecule has 2 bridgehead atoms. The molecular weight excluding hydrogens is 492 g/mol. The zero-order valence-electron chi connectivity index (χ0n) is 22.4. The lowest BCUT2D eigenvalue weighted by Crippen LogP contribution is -2.63. The van der Waals surface area contributed by atoms with Crippen LogP contribution in [0.1, 0.15) is 66.7 Å². The van der Waals surface area contributed by atoms with E-state index in [1.54, 1.807) is 6.92 Å². The van der Waals surface area contributed by atoms with E-state index in [1.807, 2.05) is 33.8 Å². The fraction of sp³-hybridized carbons (Fsp3) is 0.793. The van der Waals surface area contributed by atoms with E-state index in [9.17, 15) is 19.2 Å². The van der Waals surface area contributed by atoms with Crippen molar-refractivity contribution >= 4 is 23.5 Å². The van der Waals surface area contributed by atoms with Crippen LogP contribution in [-0.4, -0.2) is 64.4 Å². The Morgan fingerprint density at radius 3 is 2.47 bits per heavy atom. The molecule has 6 heterocycles. The summed E-state index contributed by atoms with van der Waals surface area (Å²) in [6, 6.07) is 0. The summed E-state index contributed by atoms with van der Waals surface area (Å²) in [6.07, 6.45) is 2.13. The quantitative estimate of drug-likeness (QED) is 0.439. The molecule has 8 aliphatic rings. The summed E-state index contributed by atoms with van der Waals surface area (Å²) >= 11 is 0. The molecule has 12 atom stereocenters. The number of carbonyl (C=O) groups excluding carboxylic acids is 4. The summed E-state index contributed by atoms with van der Waals surface area (Å²) in [5.74, 6) is -4.62. The van der Waals surface area contributed by atoms with Gasteiger partial charge in [0.05, 0.1) is 17.9 Å². The molecule has 9 heteroatoms. The molecule has 2 aliphatic carbocycles. The lowest BCUT2D eigenvalue weighted by molar-refractivity contribution is -0.329. The summed E-state index contributed by atoms with van der Waals surface area (Å²) < 4.78 is 32.1. The molecule has 6 saturated heterocycles. The molecule has 3 spiro atoms. The Morgan fingerprint density at radius 1 is 0.947 bits per heavy atom. The van der Waals surface area contributed by atoms with Gasteiger partial charge in [-0.2, -0.15) is 0 Å². The highest BCUT2D eigenvalue weighted by molar-refractivity contribution is 6.07. The Kier molecular flexibility index (Phi) is 4.13. The lowest BCUT2D eigenvalue weighted by Gasteiger charge is -2.49. The van der Waals surface area contributed by atoms with E-state index in [0.717, 1.165) is 0 Å². The number of fused-ring (bicyclic) bond motifs is 2. The first-order valence-electron chi connectivity index (χ1n) is 14.1. The molecule has 0 aromatic rings. The van der Waals surface area contributed by atoms with Gasteiger partial charge in [-0.3, -0.25) is 19.2 Å². The smallest absolute Gasteiger partial charge is 0.311 e. The first-order valence-corrected chi connectivity index (χ1v) is 14.1. The molecule has 38 heavy (non-hydrogen) atoms. The van der Waals surface area contributed by atoms with Crippen molar-refractivity contribution in [3.8, 4) is 0 Å². The number of esters is 2. The normalized spacial score (nSPS) is 57.1. The van der Waals surface area contributed by atoms with Crippen molar-refractivity contribution in [1.82, 2.24) is 0 Å². The highest BCUT2D eigenvalue weighted by atomic mass is 16.7. The van der Waals surface area contributed by atoms with E-state index in [1.165, 1.54) is 0 Å². The van der Waals surface area contributed by atoms with Crippen LogP contribution >= 0.6 is 0 Å². The van der Waals surface area contributed by atoms with E-state index in [-0.39, 0.29) is 48.2 Å². The Hall–Kier alpha value is -2.10. The standard InChI is InChI=1S/C29H34O9/c1-12-18-20-19(13(2)24(33)34-20)37-29-21(18)26(5,22(12)31)8-9-27(38-29)11-28-15(7-6-14(27)23(29)32)25(3,4)35-16(28)10-17(30)36-28/h6,12-13,15-16,18-21H,7-11H2,1-5H3/t12-,13-,15-,16+,18+,19+,20+,21-,26-,27?,28+,29-/m0/s1. The summed E-state index contributed by atoms with van der Waals surface area (Å²) in [6.45, 7) is 9.59. The van der Waals surface area contributed by atoms with E-state index in [4.69, 9.17) is 23.7 Å². The highest BCUT2D eigenvalue weighted by Crippen LogP contribution is 2.70. The van der Waals surface area contributed by atoms with Crippen LogP contribution in [0.5, 0.6) is 0 Å². The van der Waals surface area contributed by atoms with E-state index < -0.39 is 64.1 Å². The van der Waals surface area contributed by atoms with E-state index >= 15 is 0 Å². The summed E-state index contributed by atoms with van der Waals surface area (Å²) in [5.41, 5.74) is -2.88. The molecule has 9 nitrogen and oxygen atoms in total. The monoisotopic (exact) mass is 526 g/mol. The maximum Gasteiger partial charge on any atom is 0.311 e. The summed E-state index contributed by atoms with van der Waals surface area (Å²) in [4.78, 5) is 53.9. The molecule has 0 radical (unpaired) electrons. The molecule has 1 saturated carbocycles. The van der Waals surface area contributed by atoms with Crippen LogP contribution in [0.4, 0.5) is 0 Å². The first-order chi connectivity index (χ1) is 17.8. The second-order valence-electron chi connectivity index (χ2n) is 13.9. The van der Waals surface area contributed by atoms with Gasteiger partial charge in [-0.15, -0.1) is 0 Å². The molecule has 8 rings (SSSR count). The Morgan fingerprint density at radius 2 is 1.71 bits per heavy atom. The molecule has 0 N–H and O–H groups in total. The average Bonchev–Trinajstić information content (AvgIpc) is 3.42. The average molecular weight is 527 g/mol. The molecule has 7 fully saturated rings. The molecule has 0 aromatic carbocycles. The lowest BCUT2D eigenvalue weighted by atomic mass is 9.62. The SMILES string of the molecule is C[C@@H]1C(=O)O[C@H]2[C@@H]1O[C@]13OC4(CC[C@]5(C)C(=O)[C@@H](C)[C@H]2[C@H]15)C[C@]12OC(=O)C[C@H]1OC(C)(C)[C@@H]2CC=C4C3=O. The maximum atomic E-state index is 14.7. The number of Topliss-reactive ketones (excluding diaryl/α,β-unsaturated/α-hetero) is 2. The zero-order chi connectivity index (χ0) is 26.8. The molecule has 0 aromatic heterocycles. The third-order valence-electron chi connectivity index (χ3n) is 11.8. The zero-order valence-corrected chi connectivity index (χ0v) is 22.4. The van der Waals surface area contributed by atoms with Crippen molar-refractivity contribution in [2.24, 2.45) is 35.0 Å². The molecule has 204 valence electrons. The number of carbonyl (C=O) groups is 4. The van der Waals surface area contributed by atoms with Gasteiger partial charge in [0.1, 0.15) is 35.3 Å². The van der Waals surface area contributed by atoms with Crippen molar-refractivity contribution in [2.75, 3.05) is 0 Å². The van der Waals surface area contributed by atoms with Crippen LogP contribution < -0.4 is 0 Å². The van der Waals surface area contributed by atoms with Crippen LogP contribution in [0.3, 0.4) is 0 Å². The number of hydrogen-bond acceptors (Lipinski definition) is 9. The fourth-order valence-corrected chi connectivity index (χ4v) is 10.2. The van der Waals surface area contributed by atoms with Crippen LogP contribution in [0.15, 0.2) is 11.6 Å². The van der Waals surface area contributed by atoms with Crippen LogP contribution in [0.2, 0.25) is 0 Å². The summed E-state index contributed by atoms with van der Waals surface area (Å²) in [5, 5.41) is 0. The number of ketones is 2. The van der Waals surface area contributed by atoms with Gasteiger partial charge in [-0.05, 0) is 40.0 Å². The number of rotatable bonds is 0. The van der Waals surface area contributed by atoms with Gasteiger partial charge in [0.2, 0.25) is 11.6 Å². The van der Waals surface area contributed by atoms with Gasteiger partial charge in [-0.25, -0.2) is 0 Å². The van der Waals surface area contributed by atoms with Crippen LogP contribution in [0.25, 0.3) is 0 Å². The number of ether oxygens (including phenoxy) is 5. The Bertz CT molecular complexity index is 1270. The minimum Gasteiger partial charge on any atom is -0.459 e. The third kappa shape index (κ3) is 2.35. The summed E-state index contributed by atoms with van der Waals surface area (Å²) in [7, 11) is 0. The first kappa shape index (κ1) is 23.8. The fourth-order valence-electron chi connectivity index (χ4n) is 10.2. The van der Waals surface area contributed by atoms with Crippen molar-refractivity contribution in [3.63, 3.8) is 0 Å². The topological polar surface area (TPSA) is 114 Å². The van der Waals surface area contributed by atoms with Gasteiger partial charge in [0.15, 0.2) is 0 Å².